The Morgan fingerprint density at radius 3 is 2.52 bits per heavy atom. The summed E-state index contributed by atoms with van der Waals surface area (Å²) in [5.74, 6) is -2.43. The van der Waals surface area contributed by atoms with Gasteiger partial charge in [-0.05, 0) is 24.6 Å². The number of anilines is 1. The van der Waals surface area contributed by atoms with Gasteiger partial charge in [-0.2, -0.15) is 0 Å². The average molecular weight is 330 g/mol. The number of benzene rings is 2. The van der Waals surface area contributed by atoms with Gasteiger partial charge >= 0.3 is 0 Å². The molecule has 1 amide bonds. The molecule has 2 aromatic carbocycles. The molecule has 3 nitrogen and oxygen atoms in total. The highest BCUT2D eigenvalue weighted by molar-refractivity contribution is 7.15. The first-order valence-corrected chi connectivity index (χ1v) is 7.65. The Balaban J connectivity index is 1.92. The molecule has 3 aromatic rings. The van der Waals surface area contributed by atoms with Crippen molar-refractivity contribution in [2.75, 3.05) is 5.32 Å². The number of halogens is 2. The van der Waals surface area contributed by atoms with Gasteiger partial charge in [0.05, 0.1) is 9.88 Å². The fourth-order valence-electron chi connectivity index (χ4n) is 2.13. The van der Waals surface area contributed by atoms with Crippen LogP contribution in [0.25, 0.3) is 10.4 Å². The van der Waals surface area contributed by atoms with E-state index in [2.05, 4.69) is 10.3 Å². The lowest BCUT2D eigenvalue weighted by Crippen LogP contribution is -2.13. The van der Waals surface area contributed by atoms with E-state index in [9.17, 15) is 13.6 Å². The van der Waals surface area contributed by atoms with Crippen molar-refractivity contribution >= 4 is 22.9 Å². The fourth-order valence-corrected chi connectivity index (χ4v) is 3.05. The Morgan fingerprint density at radius 2 is 1.83 bits per heavy atom. The van der Waals surface area contributed by atoms with Crippen LogP contribution in [0.4, 0.5) is 14.5 Å². The lowest BCUT2D eigenvalue weighted by atomic mass is 10.1. The van der Waals surface area contributed by atoms with Crippen molar-refractivity contribution in [2.45, 2.75) is 6.92 Å². The second kappa shape index (κ2) is 6.26. The van der Waals surface area contributed by atoms with Crippen LogP contribution in [0.3, 0.4) is 0 Å². The standard InChI is InChI=1S/C17H12F2N2OS/c1-10-20-15(16(23-10)11-5-3-2-4-6-11)17(22)21-12-7-8-13(18)14(19)9-12/h2-9H,1H3,(H,21,22). The number of nitrogens with zero attached hydrogens (tertiary/aromatic N) is 1. The molecule has 0 radical (unpaired) electrons. The summed E-state index contributed by atoms with van der Waals surface area (Å²) in [5, 5.41) is 3.30. The van der Waals surface area contributed by atoms with Gasteiger partial charge in [0.2, 0.25) is 0 Å². The van der Waals surface area contributed by atoms with Gasteiger partial charge in [0, 0.05) is 11.8 Å². The number of hydrogen-bond acceptors (Lipinski definition) is 3. The van der Waals surface area contributed by atoms with Crippen LogP contribution < -0.4 is 5.32 Å². The largest absolute Gasteiger partial charge is 0.321 e. The minimum atomic E-state index is -1.01. The summed E-state index contributed by atoms with van der Waals surface area (Å²) in [6, 6.07) is 12.6. The van der Waals surface area contributed by atoms with Crippen molar-refractivity contribution in [1.82, 2.24) is 4.98 Å². The van der Waals surface area contributed by atoms with Crippen LogP contribution in [0.5, 0.6) is 0 Å². The van der Waals surface area contributed by atoms with Crippen molar-refractivity contribution in [3.8, 4) is 10.4 Å². The molecule has 3 rings (SSSR count). The van der Waals surface area contributed by atoms with Crippen LogP contribution in [0.2, 0.25) is 0 Å². The second-order valence-corrected chi connectivity index (χ2v) is 6.06. The predicted molar refractivity (Wildman–Crippen MR) is 86.6 cm³/mol. The summed E-state index contributed by atoms with van der Waals surface area (Å²) >= 11 is 1.41. The summed E-state index contributed by atoms with van der Waals surface area (Å²) in [6.45, 7) is 1.81. The van der Waals surface area contributed by atoms with E-state index in [-0.39, 0.29) is 11.4 Å². The first-order chi connectivity index (χ1) is 11.0. The van der Waals surface area contributed by atoms with Gasteiger partial charge in [0.1, 0.15) is 5.69 Å². The van der Waals surface area contributed by atoms with E-state index < -0.39 is 17.5 Å². The summed E-state index contributed by atoms with van der Waals surface area (Å²) in [7, 11) is 0. The first kappa shape index (κ1) is 15.3. The SMILES string of the molecule is Cc1nc(C(=O)Nc2ccc(F)c(F)c2)c(-c2ccccc2)s1. The van der Waals surface area contributed by atoms with Crippen molar-refractivity contribution < 1.29 is 13.6 Å². The topological polar surface area (TPSA) is 42.0 Å². The van der Waals surface area contributed by atoms with Crippen LogP contribution in [0, 0.1) is 18.6 Å². The van der Waals surface area contributed by atoms with Gasteiger partial charge in [-0.3, -0.25) is 4.79 Å². The van der Waals surface area contributed by atoms with Gasteiger partial charge < -0.3 is 5.32 Å². The van der Waals surface area contributed by atoms with Crippen LogP contribution in [-0.2, 0) is 0 Å². The van der Waals surface area contributed by atoms with Crippen LogP contribution in [0.15, 0.2) is 48.5 Å². The molecule has 0 saturated heterocycles. The van der Waals surface area contributed by atoms with E-state index in [0.717, 1.165) is 27.6 Å². The van der Waals surface area contributed by atoms with Crippen LogP contribution in [-0.4, -0.2) is 10.9 Å². The minimum Gasteiger partial charge on any atom is -0.321 e. The molecule has 0 unspecified atom stereocenters. The molecule has 0 aliphatic rings. The maximum atomic E-state index is 13.2. The van der Waals surface area contributed by atoms with Gasteiger partial charge in [0.25, 0.3) is 5.91 Å². The lowest BCUT2D eigenvalue weighted by molar-refractivity contribution is 0.102. The number of carbonyl (C=O) groups is 1. The molecule has 0 aliphatic carbocycles. The Labute approximate surface area is 135 Å². The predicted octanol–water partition coefficient (Wildman–Crippen LogP) is 4.65. The molecule has 1 heterocycles. The Morgan fingerprint density at radius 1 is 1.09 bits per heavy atom. The Hall–Kier alpha value is -2.60. The molecule has 1 aromatic heterocycles. The highest BCUT2D eigenvalue weighted by Crippen LogP contribution is 2.30. The molecular formula is C17H12F2N2OS. The molecular weight excluding hydrogens is 318 g/mol. The molecule has 116 valence electrons. The summed E-state index contributed by atoms with van der Waals surface area (Å²) in [5.41, 5.74) is 1.33. The van der Waals surface area contributed by atoms with Gasteiger partial charge in [-0.15, -0.1) is 11.3 Å². The zero-order valence-corrected chi connectivity index (χ0v) is 13.0. The van der Waals surface area contributed by atoms with Crippen molar-refractivity contribution in [3.63, 3.8) is 0 Å². The van der Waals surface area contributed by atoms with Gasteiger partial charge in [-0.1, -0.05) is 30.3 Å². The number of amides is 1. The molecule has 23 heavy (non-hydrogen) atoms. The maximum Gasteiger partial charge on any atom is 0.275 e. The van der Waals surface area contributed by atoms with Crippen molar-refractivity contribution in [1.29, 1.82) is 0 Å². The monoisotopic (exact) mass is 330 g/mol. The normalized spacial score (nSPS) is 10.6. The quantitative estimate of drug-likeness (QED) is 0.759. The Bertz CT molecular complexity index is 862. The summed E-state index contributed by atoms with van der Waals surface area (Å²) in [4.78, 5) is 17.4. The molecule has 0 spiro atoms. The zero-order valence-electron chi connectivity index (χ0n) is 12.1. The minimum absolute atomic E-state index is 0.179. The fraction of sp³-hybridized carbons (Fsp3) is 0.0588. The molecule has 0 saturated carbocycles. The lowest BCUT2D eigenvalue weighted by Gasteiger charge is -2.06. The first-order valence-electron chi connectivity index (χ1n) is 6.84. The molecule has 1 N–H and O–H groups in total. The van der Waals surface area contributed by atoms with Crippen LogP contribution >= 0.6 is 11.3 Å². The molecule has 0 bridgehead atoms. The molecule has 0 atom stereocenters. The number of carbonyl (C=O) groups excluding carboxylic acids is 1. The number of aromatic nitrogens is 1. The number of hydrogen-bond donors (Lipinski definition) is 1. The van der Waals surface area contributed by atoms with E-state index in [1.54, 1.807) is 0 Å². The van der Waals surface area contributed by atoms with Crippen molar-refractivity contribution in [3.05, 3.63) is 70.9 Å². The highest BCUT2D eigenvalue weighted by Gasteiger charge is 2.18. The van der Waals surface area contributed by atoms with E-state index in [1.165, 1.54) is 17.4 Å². The van der Waals surface area contributed by atoms with E-state index in [1.807, 2.05) is 37.3 Å². The summed E-state index contributed by atoms with van der Waals surface area (Å²) < 4.78 is 26.2. The molecule has 6 heteroatoms. The Kier molecular flexibility index (Phi) is 4.16. The van der Waals surface area contributed by atoms with E-state index in [4.69, 9.17) is 0 Å². The summed E-state index contributed by atoms with van der Waals surface area (Å²) in [6.07, 6.45) is 0. The number of nitrogens with one attached hydrogen (secondary N) is 1. The average Bonchev–Trinajstić information content (AvgIpc) is 2.94. The maximum absolute atomic E-state index is 13.2. The third kappa shape index (κ3) is 3.27. The zero-order chi connectivity index (χ0) is 16.4. The number of thiazole rings is 1. The van der Waals surface area contributed by atoms with Gasteiger partial charge in [-0.25, -0.2) is 13.8 Å². The van der Waals surface area contributed by atoms with E-state index >= 15 is 0 Å². The highest BCUT2D eigenvalue weighted by atomic mass is 32.1. The second-order valence-electron chi connectivity index (χ2n) is 4.86. The van der Waals surface area contributed by atoms with Crippen LogP contribution in [0.1, 0.15) is 15.5 Å². The third-order valence-corrected chi connectivity index (χ3v) is 4.18. The van der Waals surface area contributed by atoms with E-state index in [0.29, 0.717) is 0 Å². The molecule has 0 fully saturated rings. The smallest absolute Gasteiger partial charge is 0.275 e. The van der Waals surface area contributed by atoms with Gasteiger partial charge in [0.15, 0.2) is 11.6 Å². The number of rotatable bonds is 3. The number of aryl methyl sites for hydroxylation is 1. The molecule has 0 aliphatic heterocycles. The van der Waals surface area contributed by atoms with Crippen molar-refractivity contribution in [2.24, 2.45) is 0 Å². The third-order valence-electron chi connectivity index (χ3n) is 3.16.